The van der Waals surface area contributed by atoms with Gasteiger partial charge in [0, 0.05) is 11.8 Å². The molecule has 0 heterocycles. The van der Waals surface area contributed by atoms with Crippen LogP contribution in [-0.2, 0) is 0 Å². The molecule has 0 fully saturated rings. The van der Waals surface area contributed by atoms with E-state index >= 15 is 0 Å². The van der Waals surface area contributed by atoms with Crippen LogP contribution in [0.1, 0.15) is 34.1 Å². The van der Waals surface area contributed by atoms with Gasteiger partial charge in [-0.05, 0) is 82.6 Å². The maximum absolute atomic E-state index is 2.37. The Balaban J connectivity index is 1.31. The molecule has 0 radical (unpaired) electrons. The quantitative estimate of drug-likeness (QED) is 0.213. The van der Waals surface area contributed by atoms with Crippen molar-refractivity contribution in [1.29, 1.82) is 0 Å². The maximum Gasteiger partial charge on any atom is 0.0218 e. The summed E-state index contributed by atoms with van der Waals surface area (Å²) in [6, 6.07) is 58.6. The van der Waals surface area contributed by atoms with E-state index in [1.54, 1.807) is 0 Å². The average molecular weight is 533 g/mol. The smallest absolute Gasteiger partial charge is 0.0218 e. The summed E-state index contributed by atoms with van der Waals surface area (Å²) >= 11 is 0. The normalized spacial score (nSPS) is 17.0. The van der Waals surface area contributed by atoms with E-state index in [9.17, 15) is 0 Å². The average Bonchev–Trinajstić information content (AvgIpc) is 3.39. The highest BCUT2D eigenvalue weighted by Gasteiger charge is 2.41. The van der Waals surface area contributed by atoms with E-state index in [1.165, 1.54) is 76.5 Å². The summed E-state index contributed by atoms with van der Waals surface area (Å²) in [5.41, 5.74) is 10.9. The third kappa shape index (κ3) is 3.42. The van der Waals surface area contributed by atoms with E-state index in [4.69, 9.17) is 0 Å². The number of benzene rings is 7. The minimum absolute atomic E-state index is 0.253. The van der Waals surface area contributed by atoms with Gasteiger partial charge in [-0.3, -0.25) is 0 Å². The van der Waals surface area contributed by atoms with Crippen molar-refractivity contribution in [2.24, 2.45) is 0 Å². The lowest BCUT2D eigenvalue weighted by Gasteiger charge is -2.32. The van der Waals surface area contributed by atoms with Gasteiger partial charge in [-0.25, -0.2) is 0 Å². The van der Waals surface area contributed by atoms with Gasteiger partial charge in [0.25, 0.3) is 0 Å². The molecular formula is C42H28. The van der Waals surface area contributed by atoms with Gasteiger partial charge < -0.3 is 0 Å². The molecule has 0 bridgehead atoms. The summed E-state index contributed by atoms with van der Waals surface area (Å²) in [6.07, 6.45) is 0. The van der Waals surface area contributed by atoms with E-state index in [2.05, 4.69) is 158 Å². The van der Waals surface area contributed by atoms with Crippen molar-refractivity contribution in [2.75, 3.05) is 0 Å². The Kier molecular flexibility index (Phi) is 5.12. The molecule has 2 aliphatic rings. The molecule has 2 atom stereocenters. The first kappa shape index (κ1) is 23.5. The zero-order valence-electron chi connectivity index (χ0n) is 23.2. The Morgan fingerprint density at radius 2 is 0.810 bits per heavy atom. The molecule has 7 aromatic carbocycles. The highest BCUT2D eigenvalue weighted by atomic mass is 14.4. The van der Waals surface area contributed by atoms with Gasteiger partial charge in [-0.15, -0.1) is 0 Å². The van der Waals surface area contributed by atoms with E-state index in [0.29, 0.717) is 0 Å². The van der Waals surface area contributed by atoms with Crippen LogP contribution in [-0.4, -0.2) is 0 Å². The number of hydrogen-bond acceptors (Lipinski definition) is 0. The van der Waals surface area contributed by atoms with Crippen LogP contribution in [0.4, 0.5) is 0 Å². The second-order valence-corrected chi connectivity index (χ2v) is 11.6. The minimum atomic E-state index is 0.253. The van der Waals surface area contributed by atoms with Gasteiger partial charge in [0.15, 0.2) is 0 Å². The monoisotopic (exact) mass is 532 g/mol. The predicted octanol–water partition coefficient (Wildman–Crippen LogP) is 8.95. The number of fused-ring (bicyclic) bond motifs is 5. The highest BCUT2D eigenvalue weighted by Crippen LogP contribution is 2.56. The summed E-state index contributed by atoms with van der Waals surface area (Å²) in [5.74, 6) is 0.515. The first-order valence-electron chi connectivity index (χ1n) is 14.9. The van der Waals surface area contributed by atoms with Gasteiger partial charge >= 0.3 is 0 Å². The SMILES string of the molecule is c1ccc(C2=c3ccccc3=C(c3ccc(-c4ccc5ccccc5c4)cc3)C3c4cccc5cccc(c45)C23)cc1. The molecule has 0 heteroatoms. The fraction of sp³-hybridized carbons (Fsp3) is 0.0476. The van der Waals surface area contributed by atoms with Crippen molar-refractivity contribution < 1.29 is 0 Å². The molecule has 0 amide bonds. The Bertz CT molecular complexity index is 2280. The molecule has 7 aromatic rings. The van der Waals surface area contributed by atoms with Crippen LogP contribution < -0.4 is 10.4 Å². The van der Waals surface area contributed by atoms with E-state index in [-0.39, 0.29) is 11.8 Å². The van der Waals surface area contributed by atoms with Gasteiger partial charge in [0.05, 0.1) is 0 Å². The predicted molar refractivity (Wildman–Crippen MR) is 176 cm³/mol. The van der Waals surface area contributed by atoms with Crippen LogP contribution in [0.25, 0.3) is 43.8 Å². The third-order valence-corrected chi connectivity index (χ3v) is 9.47. The Morgan fingerprint density at radius 3 is 1.48 bits per heavy atom. The molecule has 0 nitrogen and oxygen atoms in total. The van der Waals surface area contributed by atoms with Crippen LogP contribution >= 0.6 is 0 Å². The Hall–Kier alpha value is -5.20. The molecule has 2 unspecified atom stereocenters. The molecule has 196 valence electrons. The van der Waals surface area contributed by atoms with E-state index in [0.717, 1.165) is 0 Å². The van der Waals surface area contributed by atoms with Crippen LogP contribution in [0, 0.1) is 0 Å². The number of rotatable bonds is 3. The zero-order valence-corrected chi connectivity index (χ0v) is 23.2. The lowest BCUT2D eigenvalue weighted by Crippen LogP contribution is -2.38. The molecule has 0 aliphatic heterocycles. The number of hydrogen-bond donors (Lipinski definition) is 0. The molecule has 0 saturated carbocycles. The first-order chi connectivity index (χ1) is 20.8. The van der Waals surface area contributed by atoms with Crippen LogP contribution in [0.5, 0.6) is 0 Å². The van der Waals surface area contributed by atoms with Crippen LogP contribution in [0.2, 0.25) is 0 Å². The molecular weight excluding hydrogens is 504 g/mol. The molecule has 0 saturated heterocycles. The molecule has 42 heavy (non-hydrogen) atoms. The van der Waals surface area contributed by atoms with Crippen LogP contribution in [0.3, 0.4) is 0 Å². The lowest BCUT2D eigenvalue weighted by atomic mass is 9.70. The largest absolute Gasteiger partial charge is 0.0622 e. The van der Waals surface area contributed by atoms with E-state index in [1.807, 2.05) is 0 Å². The maximum atomic E-state index is 2.37. The lowest BCUT2D eigenvalue weighted by molar-refractivity contribution is 0.791. The Morgan fingerprint density at radius 1 is 0.310 bits per heavy atom. The summed E-state index contributed by atoms with van der Waals surface area (Å²) in [4.78, 5) is 0. The zero-order chi connectivity index (χ0) is 27.6. The highest BCUT2D eigenvalue weighted by molar-refractivity contribution is 6.00. The van der Waals surface area contributed by atoms with Gasteiger partial charge in [-0.2, -0.15) is 0 Å². The van der Waals surface area contributed by atoms with Crippen molar-refractivity contribution >= 4 is 32.7 Å². The topological polar surface area (TPSA) is 0 Å². The van der Waals surface area contributed by atoms with Gasteiger partial charge in [0.2, 0.25) is 0 Å². The van der Waals surface area contributed by atoms with Crippen molar-refractivity contribution in [3.05, 3.63) is 190 Å². The molecule has 0 N–H and O–H groups in total. The van der Waals surface area contributed by atoms with Crippen molar-refractivity contribution in [1.82, 2.24) is 0 Å². The molecule has 2 aliphatic carbocycles. The standard InChI is InChI=1S/C42H28/c1-2-11-30(12-3-1)39-34-16-6-7-17-35(34)40(42-37-19-9-15-29-14-8-18-36(38(29)37)41(39)42)31-23-20-28(21-24-31)33-25-22-27-10-4-5-13-32(27)26-33/h1-26,41-42H. The molecule has 0 spiro atoms. The summed E-state index contributed by atoms with van der Waals surface area (Å²) in [6.45, 7) is 0. The second kappa shape index (κ2) is 9.16. The molecule has 9 rings (SSSR count). The first-order valence-corrected chi connectivity index (χ1v) is 14.9. The third-order valence-electron chi connectivity index (χ3n) is 9.47. The minimum Gasteiger partial charge on any atom is -0.0622 e. The Labute approximate surface area is 245 Å². The van der Waals surface area contributed by atoms with Crippen molar-refractivity contribution in [2.45, 2.75) is 11.8 Å². The summed E-state index contributed by atoms with van der Waals surface area (Å²) in [5, 5.41) is 8.02. The fourth-order valence-corrected chi connectivity index (χ4v) is 7.71. The van der Waals surface area contributed by atoms with E-state index < -0.39 is 0 Å². The fourth-order valence-electron chi connectivity index (χ4n) is 7.71. The van der Waals surface area contributed by atoms with Crippen molar-refractivity contribution in [3.63, 3.8) is 0 Å². The second-order valence-electron chi connectivity index (χ2n) is 11.6. The van der Waals surface area contributed by atoms with Gasteiger partial charge in [0.1, 0.15) is 0 Å². The van der Waals surface area contributed by atoms with Crippen molar-refractivity contribution in [3.8, 4) is 11.1 Å². The van der Waals surface area contributed by atoms with Crippen LogP contribution in [0.15, 0.2) is 158 Å². The summed E-state index contributed by atoms with van der Waals surface area (Å²) < 4.78 is 0. The molecule has 0 aromatic heterocycles. The summed E-state index contributed by atoms with van der Waals surface area (Å²) in [7, 11) is 0. The van der Waals surface area contributed by atoms with Gasteiger partial charge in [-0.1, -0.05) is 152 Å².